The van der Waals surface area contributed by atoms with Crippen LogP contribution in [0.5, 0.6) is 5.75 Å². The molecule has 1 N–H and O–H groups in total. The van der Waals surface area contributed by atoms with Crippen LogP contribution in [0.3, 0.4) is 0 Å². The zero-order valence-corrected chi connectivity index (χ0v) is 17.9. The van der Waals surface area contributed by atoms with Crippen LogP contribution < -0.4 is 10.1 Å². The van der Waals surface area contributed by atoms with E-state index in [9.17, 15) is 0 Å². The quantitative estimate of drug-likeness (QED) is 0.351. The molecule has 1 aromatic heterocycles. The number of hydrogen-bond donors (Lipinski definition) is 1. The zero-order chi connectivity index (χ0) is 20.6. The van der Waals surface area contributed by atoms with Gasteiger partial charge in [-0.25, -0.2) is 4.98 Å². The number of halogens is 1. The third-order valence-electron chi connectivity index (χ3n) is 4.54. The highest BCUT2D eigenvalue weighted by molar-refractivity contribution is 9.10. The van der Waals surface area contributed by atoms with E-state index in [1.165, 1.54) is 0 Å². The number of terminal acetylenes is 1. The Labute approximate surface area is 180 Å². The lowest BCUT2D eigenvalue weighted by molar-refractivity contribution is 0.114. The van der Waals surface area contributed by atoms with Gasteiger partial charge in [0.2, 0.25) is 0 Å². The summed E-state index contributed by atoms with van der Waals surface area (Å²) in [5, 5.41) is 4.46. The Morgan fingerprint density at radius 2 is 1.97 bits per heavy atom. The number of benzene rings is 2. The summed E-state index contributed by atoms with van der Waals surface area (Å²) in [5.74, 6) is 4.14. The van der Waals surface area contributed by atoms with Crippen LogP contribution in [0.25, 0.3) is 10.9 Å². The summed E-state index contributed by atoms with van der Waals surface area (Å²) in [4.78, 5) is 4.80. The topological polar surface area (TPSA) is 43.4 Å². The van der Waals surface area contributed by atoms with Gasteiger partial charge in [-0.2, -0.15) is 0 Å². The summed E-state index contributed by atoms with van der Waals surface area (Å²) >= 11 is 3.62. The van der Waals surface area contributed by atoms with Crippen molar-refractivity contribution >= 4 is 32.7 Å². The molecule has 0 fully saturated rings. The van der Waals surface area contributed by atoms with E-state index in [0.717, 1.165) is 38.1 Å². The summed E-state index contributed by atoms with van der Waals surface area (Å²) in [7, 11) is 1.66. The number of anilines is 1. The Morgan fingerprint density at radius 3 is 2.66 bits per heavy atom. The number of methoxy groups -OCH3 is 1. The van der Waals surface area contributed by atoms with Crippen LogP contribution in [0.2, 0.25) is 0 Å². The molecular weight excluding hydrogens is 428 g/mol. The van der Waals surface area contributed by atoms with Gasteiger partial charge in [0.05, 0.1) is 23.2 Å². The number of aromatic nitrogens is 1. The second kappa shape index (κ2) is 10.1. The molecule has 3 aromatic rings. The summed E-state index contributed by atoms with van der Waals surface area (Å²) in [6, 6.07) is 16.3. The molecule has 0 saturated heterocycles. The van der Waals surface area contributed by atoms with Gasteiger partial charge in [0, 0.05) is 18.4 Å². The van der Waals surface area contributed by atoms with Crippen molar-refractivity contribution in [3.05, 3.63) is 76.8 Å². The SMILES string of the molecule is C#CCO[C@H](C=C)Cc1ccc2cc(Br)c(NCc3ccc(OC)cc3)nc2c1. The Balaban J connectivity index is 1.76. The van der Waals surface area contributed by atoms with E-state index in [1.807, 2.05) is 24.3 Å². The van der Waals surface area contributed by atoms with Crippen LogP contribution in [0.4, 0.5) is 5.82 Å². The van der Waals surface area contributed by atoms with Gasteiger partial charge in [0.25, 0.3) is 0 Å². The lowest BCUT2D eigenvalue weighted by Crippen LogP contribution is -2.13. The molecule has 0 aliphatic heterocycles. The van der Waals surface area contributed by atoms with E-state index < -0.39 is 0 Å². The van der Waals surface area contributed by atoms with Crippen LogP contribution in [0.1, 0.15) is 11.1 Å². The Bertz CT molecular complexity index is 1030. The second-order valence-corrected chi connectivity index (χ2v) is 7.40. The number of rotatable bonds is 9. The molecule has 148 valence electrons. The summed E-state index contributed by atoms with van der Waals surface area (Å²) < 4.78 is 11.7. The number of nitrogens with zero attached hydrogens (tertiary/aromatic N) is 1. The fourth-order valence-electron chi connectivity index (χ4n) is 2.96. The molecule has 2 aromatic carbocycles. The van der Waals surface area contributed by atoms with Crippen molar-refractivity contribution in [2.45, 2.75) is 19.1 Å². The highest BCUT2D eigenvalue weighted by atomic mass is 79.9. The highest BCUT2D eigenvalue weighted by Gasteiger charge is 2.09. The maximum atomic E-state index is 5.60. The van der Waals surface area contributed by atoms with E-state index in [4.69, 9.17) is 20.9 Å². The smallest absolute Gasteiger partial charge is 0.141 e. The third kappa shape index (κ3) is 5.60. The summed E-state index contributed by atoms with van der Waals surface area (Å²) in [5.41, 5.74) is 3.19. The van der Waals surface area contributed by atoms with Gasteiger partial charge in [0.15, 0.2) is 0 Å². The third-order valence-corrected chi connectivity index (χ3v) is 5.14. The van der Waals surface area contributed by atoms with Crippen LogP contribution >= 0.6 is 15.9 Å². The predicted octanol–water partition coefficient (Wildman–Crippen LogP) is 5.36. The van der Waals surface area contributed by atoms with E-state index in [1.54, 1.807) is 13.2 Å². The van der Waals surface area contributed by atoms with Crippen LogP contribution in [-0.2, 0) is 17.7 Å². The van der Waals surface area contributed by atoms with Crippen molar-refractivity contribution in [1.82, 2.24) is 4.98 Å². The van der Waals surface area contributed by atoms with Crippen molar-refractivity contribution in [2.24, 2.45) is 0 Å². The maximum absolute atomic E-state index is 5.60. The van der Waals surface area contributed by atoms with E-state index >= 15 is 0 Å². The molecule has 0 saturated carbocycles. The first-order chi connectivity index (χ1) is 14.1. The van der Waals surface area contributed by atoms with Gasteiger partial charge in [-0.1, -0.05) is 36.3 Å². The van der Waals surface area contributed by atoms with Crippen LogP contribution in [-0.4, -0.2) is 24.8 Å². The first-order valence-electron chi connectivity index (χ1n) is 9.26. The molecule has 0 aliphatic rings. The first-order valence-corrected chi connectivity index (χ1v) is 10.1. The lowest BCUT2D eigenvalue weighted by atomic mass is 10.1. The normalized spacial score (nSPS) is 11.6. The number of nitrogens with one attached hydrogen (secondary N) is 1. The molecule has 29 heavy (non-hydrogen) atoms. The molecule has 0 radical (unpaired) electrons. The average molecular weight is 451 g/mol. The molecule has 0 spiro atoms. The van der Waals surface area contributed by atoms with Crippen molar-refractivity contribution in [1.29, 1.82) is 0 Å². The maximum Gasteiger partial charge on any atom is 0.141 e. The lowest BCUT2D eigenvalue weighted by Gasteiger charge is -2.13. The van der Waals surface area contributed by atoms with E-state index in [2.05, 4.69) is 58.0 Å². The molecular formula is C24H23BrN2O2. The summed E-state index contributed by atoms with van der Waals surface area (Å²) in [6.07, 6.45) is 7.64. The molecule has 5 heteroatoms. The second-order valence-electron chi connectivity index (χ2n) is 6.54. The minimum atomic E-state index is -0.119. The van der Waals surface area contributed by atoms with Crippen LogP contribution in [0.15, 0.2) is 65.7 Å². The number of pyridine rings is 1. The predicted molar refractivity (Wildman–Crippen MR) is 122 cm³/mol. The number of fused-ring (bicyclic) bond motifs is 1. The average Bonchev–Trinajstić information content (AvgIpc) is 2.75. The highest BCUT2D eigenvalue weighted by Crippen LogP contribution is 2.27. The molecule has 0 amide bonds. The monoisotopic (exact) mass is 450 g/mol. The fraction of sp³-hybridized carbons (Fsp3) is 0.208. The van der Waals surface area contributed by atoms with Gasteiger partial charge in [-0.05, 0) is 51.3 Å². The molecule has 0 aliphatic carbocycles. The molecule has 1 atom stereocenters. The molecule has 4 nitrogen and oxygen atoms in total. The fourth-order valence-corrected chi connectivity index (χ4v) is 3.44. The largest absolute Gasteiger partial charge is 0.497 e. The van der Waals surface area contributed by atoms with Gasteiger partial charge >= 0.3 is 0 Å². The van der Waals surface area contributed by atoms with Gasteiger partial charge in [-0.3, -0.25) is 0 Å². The van der Waals surface area contributed by atoms with Crippen molar-refractivity contribution in [3.8, 4) is 18.1 Å². The molecule has 0 bridgehead atoms. The standard InChI is InChI=1S/C24H23BrN2O2/c1-4-12-29-20(5-2)13-18-6-9-19-15-22(25)24(27-23(19)14-18)26-16-17-7-10-21(28-3)11-8-17/h1,5-11,14-15,20H,2,12-13,16H2,3H3,(H,26,27)/t20-/m1/s1. The summed E-state index contributed by atoms with van der Waals surface area (Å²) in [6.45, 7) is 4.77. The molecule has 3 rings (SSSR count). The van der Waals surface area contributed by atoms with E-state index in [-0.39, 0.29) is 12.7 Å². The first kappa shape index (κ1) is 20.9. The Morgan fingerprint density at radius 1 is 1.21 bits per heavy atom. The number of hydrogen-bond acceptors (Lipinski definition) is 4. The van der Waals surface area contributed by atoms with E-state index in [0.29, 0.717) is 13.0 Å². The Hall–Kier alpha value is -2.81. The zero-order valence-electron chi connectivity index (χ0n) is 16.3. The van der Waals surface area contributed by atoms with Crippen molar-refractivity contribution in [2.75, 3.05) is 19.0 Å². The van der Waals surface area contributed by atoms with Gasteiger partial charge in [0.1, 0.15) is 18.2 Å². The number of ether oxygens (including phenoxy) is 2. The van der Waals surface area contributed by atoms with Crippen LogP contribution in [0, 0.1) is 12.3 Å². The molecule has 1 heterocycles. The minimum Gasteiger partial charge on any atom is -0.497 e. The Kier molecular flexibility index (Phi) is 7.29. The van der Waals surface area contributed by atoms with Crippen molar-refractivity contribution in [3.63, 3.8) is 0 Å². The molecule has 0 unspecified atom stereocenters. The minimum absolute atomic E-state index is 0.119. The van der Waals surface area contributed by atoms with Gasteiger partial charge < -0.3 is 14.8 Å². The van der Waals surface area contributed by atoms with Gasteiger partial charge in [-0.15, -0.1) is 13.0 Å². The van der Waals surface area contributed by atoms with Crippen molar-refractivity contribution < 1.29 is 9.47 Å².